The van der Waals surface area contributed by atoms with Gasteiger partial charge < -0.3 is 10.6 Å². The van der Waals surface area contributed by atoms with Crippen molar-refractivity contribution in [2.45, 2.75) is 38.3 Å². The molecule has 0 saturated carbocycles. The second kappa shape index (κ2) is 6.92. The average Bonchev–Trinajstić information content (AvgIpc) is 2.57. The van der Waals surface area contributed by atoms with Gasteiger partial charge in [0.15, 0.2) is 6.04 Å². The highest BCUT2D eigenvalue weighted by Crippen LogP contribution is 2.26. The summed E-state index contributed by atoms with van der Waals surface area (Å²) in [7, 11) is 0. The Labute approximate surface area is 135 Å². The lowest BCUT2D eigenvalue weighted by molar-refractivity contribution is -0.714. The molecule has 0 bridgehead atoms. The standard InChI is InChI=1S/C19H21FN2O/c1-13(19(23)22-18-11-5-4-10-16(18)20)21-17-12-6-8-14-7-2-3-9-15(14)17/h2-5,7,9-11,13,17,21H,6,8,12H2,1H3,(H,22,23)/p+1/t13-,17-/m0/s1. The maximum absolute atomic E-state index is 13.6. The Kier molecular flexibility index (Phi) is 4.72. The molecule has 0 heterocycles. The normalized spacial score (nSPS) is 18.1. The minimum Gasteiger partial charge on any atom is -0.330 e. The van der Waals surface area contributed by atoms with Crippen molar-refractivity contribution in [3.05, 3.63) is 65.5 Å². The zero-order valence-corrected chi connectivity index (χ0v) is 13.3. The molecule has 4 heteroatoms. The molecule has 1 aliphatic rings. The summed E-state index contributed by atoms with van der Waals surface area (Å²) in [6.07, 6.45) is 3.31. The number of carbonyl (C=O) groups is 1. The Morgan fingerprint density at radius 2 is 1.96 bits per heavy atom. The van der Waals surface area contributed by atoms with E-state index in [2.05, 4.69) is 34.9 Å². The lowest BCUT2D eigenvalue weighted by atomic mass is 9.87. The van der Waals surface area contributed by atoms with Crippen LogP contribution in [0.3, 0.4) is 0 Å². The SMILES string of the molecule is C[C@H]([NH2+][C@H]1CCCc2ccccc21)C(=O)Nc1ccccc1F. The number of nitrogens with two attached hydrogens (primary N) is 1. The van der Waals surface area contributed by atoms with Crippen LogP contribution >= 0.6 is 0 Å². The van der Waals surface area contributed by atoms with Gasteiger partial charge in [0.05, 0.1) is 5.69 Å². The molecule has 0 saturated heterocycles. The number of aryl methyl sites for hydroxylation is 1. The van der Waals surface area contributed by atoms with E-state index in [4.69, 9.17) is 0 Å². The number of para-hydroxylation sites is 1. The predicted octanol–water partition coefficient (Wildman–Crippen LogP) is 2.79. The molecular formula is C19H22FN2O+. The van der Waals surface area contributed by atoms with Crippen LogP contribution in [0, 0.1) is 5.82 Å². The van der Waals surface area contributed by atoms with Gasteiger partial charge in [-0.1, -0.05) is 36.4 Å². The van der Waals surface area contributed by atoms with Gasteiger partial charge in [-0.3, -0.25) is 4.79 Å². The largest absolute Gasteiger partial charge is 0.330 e. The molecule has 3 rings (SSSR count). The van der Waals surface area contributed by atoms with Crippen LogP contribution in [0.5, 0.6) is 0 Å². The maximum atomic E-state index is 13.6. The molecule has 2 atom stereocenters. The highest BCUT2D eigenvalue weighted by atomic mass is 19.1. The van der Waals surface area contributed by atoms with E-state index >= 15 is 0 Å². The minimum absolute atomic E-state index is 0.168. The van der Waals surface area contributed by atoms with Crippen molar-refractivity contribution < 1.29 is 14.5 Å². The molecule has 0 radical (unpaired) electrons. The lowest BCUT2D eigenvalue weighted by Gasteiger charge is -2.26. The van der Waals surface area contributed by atoms with Crippen LogP contribution in [-0.4, -0.2) is 11.9 Å². The first-order chi connectivity index (χ1) is 11.1. The first-order valence-electron chi connectivity index (χ1n) is 8.13. The van der Waals surface area contributed by atoms with Crippen molar-refractivity contribution in [1.82, 2.24) is 0 Å². The van der Waals surface area contributed by atoms with E-state index < -0.39 is 5.82 Å². The molecule has 1 amide bonds. The first-order valence-corrected chi connectivity index (χ1v) is 8.13. The van der Waals surface area contributed by atoms with Gasteiger partial charge in [-0.25, -0.2) is 4.39 Å². The fourth-order valence-corrected chi connectivity index (χ4v) is 3.24. The van der Waals surface area contributed by atoms with E-state index in [1.54, 1.807) is 18.2 Å². The topological polar surface area (TPSA) is 45.7 Å². The number of fused-ring (bicyclic) bond motifs is 1. The summed E-state index contributed by atoms with van der Waals surface area (Å²) in [5.41, 5.74) is 2.94. The maximum Gasteiger partial charge on any atom is 0.282 e. The van der Waals surface area contributed by atoms with Crippen LogP contribution in [0.2, 0.25) is 0 Å². The second-order valence-electron chi connectivity index (χ2n) is 6.15. The summed E-state index contributed by atoms with van der Waals surface area (Å²) < 4.78 is 13.6. The number of hydrogen-bond donors (Lipinski definition) is 2. The van der Waals surface area contributed by atoms with Crippen molar-refractivity contribution in [2.75, 3.05) is 5.32 Å². The molecule has 23 heavy (non-hydrogen) atoms. The number of rotatable bonds is 4. The number of carbonyl (C=O) groups excluding carboxylic acids is 1. The van der Waals surface area contributed by atoms with Crippen LogP contribution in [0.4, 0.5) is 10.1 Å². The Bertz CT molecular complexity index is 701. The van der Waals surface area contributed by atoms with Gasteiger partial charge in [0.2, 0.25) is 0 Å². The summed E-state index contributed by atoms with van der Waals surface area (Å²) in [5.74, 6) is -0.575. The molecule has 120 valence electrons. The van der Waals surface area contributed by atoms with E-state index in [1.807, 2.05) is 6.92 Å². The lowest BCUT2D eigenvalue weighted by Crippen LogP contribution is -2.92. The van der Waals surface area contributed by atoms with E-state index in [-0.39, 0.29) is 17.6 Å². The van der Waals surface area contributed by atoms with Crippen molar-refractivity contribution in [3.63, 3.8) is 0 Å². The number of hydrogen-bond acceptors (Lipinski definition) is 1. The first kappa shape index (κ1) is 15.7. The Morgan fingerprint density at radius 1 is 1.22 bits per heavy atom. The quantitative estimate of drug-likeness (QED) is 0.896. The Hall–Kier alpha value is -2.20. The van der Waals surface area contributed by atoms with Gasteiger partial charge in [-0.2, -0.15) is 0 Å². The fraction of sp³-hybridized carbons (Fsp3) is 0.316. The monoisotopic (exact) mass is 313 g/mol. The summed E-state index contributed by atoms with van der Waals surface area (Å²) in [5, 5.41) is 4.77. The van der Waals surface area contributed by atoms with Gasteiger partial charge in [0.25, 0.3) is 5.91 Å². The summed E-state index contributed by atoms with van der Waals surface area (Å²) in [6, 6.07) is 14.7. The minimum atomic E-state index is -0.406. The zero-order chi connectivity index (χ0) is 16.2. The Balaban J connectivity index is 1.67. The third kappa shape index (κ3) is 3.59. The van der Waals surface area contributed by atoms with Crippen LogP contribution in [-0.2, 0) is 11.2 Å². The van der Waals surface area contributed by atoms with Crippen LogP contribution in [0.15, 0.2) is 48.5 Å². The highest BCUT2D eigenvalue weighted by molar-refractivity contribution is 5.93. The highest BCUT2D eigenvalue weighted by Gasteiger charge is 2.27. The van der Waals surface area contributed by atoms with Crippen molar-refractivity contribution in [1.29, 1.82) is 0 Å². The number of benzene rings is 2. The van der Waals surface area contributed by atoms with Crippen molar-refractivity contribution in [3.8, 4) is 0 Å². The molecule has 0 spiro atoms. The molecule has 2 aromatic carbocycles. The summed E-state index contributed by atoms with van der Waals surface area (Å²) in [4.78, 5) is 12.3. The third-order valence-electron chi connectivity index (χ3n) is 4.48. The number of anilines is 1. The number of quaternary nitrogens is 1. The number of halogens is 1. The average molecular weight is 313 g/mol. The third-order valence-corrected chi connectivity index (χ3v) is 4.48. The molecule has 0 aromatic heterocycles. The molecule has 0 unspecified atom stereocenters. The Morgan fingerprint density at radius 3 is 2.78 bits per heavy atom. The van der Waals surface area contributed by atoms with Gasteiger partial charge in [0, 0.05) is 12.0 Å². The van der Waals surface area contributed by atoms with Gasteiger partial charge >= 0.3 is 0 Å². The molecule has 1 aliphatic carbocycles. The number of amides is 1. The molecule has 0 fully saturated rings. The fourth-order valence-electron chi connectivity index (χ4n) is 3.24. The van der Waals surface area contributed by atoms with E-state index in [9.17, 15) is 9.18 Å². The van der Waals surface area contributed by atoms with Gasteiger partial charge in [0.1, 0.15) is 11.9 Å². The zero-order valence-electron chi connectivity index (χ0n) is 13.3. The summed E-state index contributed by atoms with van der Waals surface area (Å²) >= 11 is 0. The summed E-state index contributed by atoms with van der Waals surface area (Å²) in [6.45, 7) is 1.87. The van der Waals surface area contributed by atoms with E-state index in [1.165, 1.54) is 17.2 Å². The van der Waals surface area contributed by atoms with Crippen LogP contribution in [0.1, 0.15) is 36.9 Å². The second-order valence-corrected chi connectivity index (χ2v) is 6.15. The molecule has 0 aliphatic heterocycles. The molecule has 2 aromatic rings. The van der Waals surface area contributed by atoms with Crippen molar-refractivity contribution >= 4 is 11.6 Å². The molecule has 3 N–H and O–H groups in total. The van der Waals surface area contributed by atoms with Crippen LogP contribution < -0.4 is 10.6 Å². The smallest absolute Gasteiger partial charge is 0.282 e. The predicted molar refractivity (Wildman–Crippen MR) is 88.5 cm³/mol. The van der Waals surface area contributed by atoms with Gasteiger partial charge in [-0.05, 0) is 37.5 Å². The van der Waals surface area contributed by atoms with Crippen LogP contribution in [0.25, 0.3) is 0 Å². The number of nitrogens with one attached hydrogen (secondary N) is 1. The van der Waals surface area contributed by atoms with E-state index in [0.29, 0.717) is 6.04 Å². The van der Waals surface area contributed by atoms with Gasteiger partial charge in [-0.15, -0.1) is 0 Å². The van der Waals surface area contributed by atoms with E-state index in [0.717, 1.165) is 19.3 Å². The van der Waals surface area contributed by atoms with Crippen molar-refractivity contribution in [2.24, 2.45) is 0 Å². The molecule has 3 nitrogen and oxygen atoms in total. The molecular weight excluding hydrogens is 291 g/mol.